The first-order valence-corrected chi connectivity index (χ1v) is 6.49. The van der Waals surface area contributed by atoms with Crippen molar-refractivity contribution in [3.8, 4) is 0 Å². The van der Waals surface area contributed by atoms with Crippen molar-refractivity contribution in [2.24, 2.45) is 11.8 Å². The number of urea groups is 1. The van der Waals surface area contributed by atoms with Gasteiger partial charge in [0.2, 0.25) is 0 Å². The molecule has 2 rings (SSSR count). The third-order valence-electron chi connectivity index (χ3n) is 4.10. The van der Waals surface area contributed by atoms with Crippen LogP contribution in [0.4, 0.5) is 4.79 Å². The lowest BCUT2D eigenvalue weighted by atomic mass is 10.00. The Kier molecular flexibility index (Phi) is 4.26. The summed E-state index contributed by atoms with van der Waals surface area (Å²) < 4.78 is 4.74. The number of fused-ring (bicyclic) bond motifs is 1. The van der Waals surface area contributed by atoms with Gasteiger partial charge in [-0.05, 0) is 18.8 Å². The van der Waals surface area contributed by atoms with E-state index in [0.717, 1.165) is 12.8 Å². The third kappa shape index (κ3) is 2.98. The molecule has 3 N–H and O–H groups in total. The maximum atomic E-state index is 11.9. The molecule has 0 aromatic carbocycles. The molecule has 4 atom stereocenters. The minimum absolute atomic E-state index is 0.0565. The molecule has 108 valence electrons. The highest BCUT2D eigenvalue weighted by atomic mass is 16.5. The molecule has 0 aromatic rings. The number of aliphatic hydroxyl groups is 1. The number of likely N-dealkylation sites (tertiary alicyclic amines) is 1. The van der Waals surface area contributed by atoms with Gasteiger partial charge in [-0.15, -0.1) is 0 Å². The van der Waals surface area contributed by atoms with Crippen LogP contribution in [0.5, 0.6) is 0 Å². The Morgan fingerprint density at radius 2 is 2.16 bits per heavy atom. The van der Waals surface area contributed by atoms with E-state index in [9.17, 15) is 14.7 Å². The van der Waals surface area contributed by atoms with Gasteiger partial charge in [0, 0.05) is 26.1 Å². The molecule has 0 radical (unpaired) electrons. The number of aliphatic carboxylic acids is 1. The Morgan fingerprint density at radius 1 is 1.42 bits per heavy atom. The zero-order valence-corrected chi connectivity index (χ0v) is 10.9. The van der Waals surface area contributed by atoms with Gasteiger partial charge in [0.15, 0.2) is 6.10 Å². The summed E-state index contributed by atoms with van der Waals surface area (Å²) in [5.41, 5.74) is 0. The van der Waals surface area contributed by atoms with Gasteiger partial charge in [0.05, 0.1) is 12.6 Å². The quantitative estimate of drug-likeness (QED) is 0.640. The number of amides is 2. The number of hydrogen-bond acceptors (Lipinski definition) is 4. The number of carboxylic acids is 1. The van der Waals surface area contributed by atoms with Crippen molar-refractivity contribution in [1.82, 2.24) is 10.2 Å². The number of carbonyl (C=O) groups is 2. The maximum Gasteiger partial charge on any atom is 0.334 e. The van der Waals surface area contributed by atoms with Crippen LogP contribution < -0.4 is 5.32 Å². The van der Waals surface area contributed by atoms with Crippen LogP contribution >= 0.6 is 0 Å². The number of rotatable bonds is 4. The van der Waals surface area contributed by atoms with Crippen LogP contribution in [-0.2, 0) is 9.53 Å². The number of methoxy groups -OCH3 is 1. The maximum absolute atomic E-state index is 11.9. The van der Waals surface area contributed by atoms with Crippen LogP contribution in [0, 0.1) is 11.8 Å². The molecule has 0 bridgehead atoms. The number of carbonyl (C=O) groups excluding carboxylic acids is 1. The Morgan fingerprint density at radius 3 is 2.74 bits per heavy atom. The molecule has 1 aliphatic carbocycles. The van der Waals surface area contributed by atoms with Crippen molar-refractivity contribution in [3.05, 3.63) is 0 Å². The molecular formula is C12H20N2O5. The molecule has 1 saturated carbocycles. The molecule has 0 aromatic heterocycles. The molecule has 7 nitrogen and oxygen atoms in total. The van der Waals surface area contributed by atoms with Crippen LogP contribution in [0.1, 0.15) is 12.8 Å². The number of nitrogens with one attached hydrogen (secondary N) is 1. The summed E-state index contributed by atoms with van der Waals surface area (Å²) in [5.74, 6) is -0.557. The van der Waals surface area contributed by atoms with Crippen LogP contribution in [0.3, 0.4) is 0 Å². The highest BCUT2D eigenvalue weighted by molar-refractivity contribution is 5.77. The fourth-order valence-electron chi connectivity index (χ4n) is 2.97. The fourth-order valence-corrected chi connectivity index (χ4v) is 2.97. The van der Waals surface area contributed by atoms with Gasteiger partial charge in [-0.1, -0.05) is 0 Å². The first-order valence-electron chi connectivity index (χ1n) is 6.49. The molecule has 2 fully saturated rings. The van der Waals surface area contributed by atoms with Gasteiger partial charge in [-0.3, -0.25) is 0 Å². The molecule has 1 heterocycles. The Hall–Kier alpha value is -1.34. The average Bonchev–Trinajstić information content (AvgIpc) is 2.92. The first-order chi connectivity index (χ1) is 9.02. The van der Waals surface area contributed by atoms with Crippen LogP contribution in [0.2, 0.25) is 0 Å². The summed E-state index contributed by atoms with van der Waals surface area (Å²) in [6.07, 6.45) is 0.422. The van der Waals surface area contributed by atoms with Gasteiger partial charge in [-0.2, -0.15) is 0 Å². The van der Waals surface area contributed by atoms with E-state index >= 15 is 0 Å². The number of ether oxygens (including phenoxy) is 1. The standard InChI is InChI=1S/C12H20N2O5/c1-19-10(11(16)17)4-13-12(18)14-5-7-2-3-9(15)8(7)6-14/h7-10,15H,2-6H2,1H3,(H,13,18)(H,16,17). The molecule has 4 unspecified atom stereocenters. The molecule has 2 aliphatic rings. The Balaban J connectivity index is 1.80. The van der Waals surface area contributed by atoms with Gasteiger partial charge in [0.1, 0.15) is 0 Å². The summed E-state index contributed by atoms with van der Waals surface area (Å²) in [6.45, 7) is 1.12. The van der Waals surface area contributed by atoms with Crippen molar-refractivity contribution >= 4 is 12.0 Å². The number of hydrogen-bond donors (Lipinski definition) is 3. The van der Waals surface area contributed by atoms with E-state index in [2.05, 4.69) is 5.32 Å². The summed E-state index contributed by atoms with van der Waals surface area (Å²) in [5, 5.41) is 21.1. The van der Waals surface area contributed by atoms with Crippen LogP contribution in [-0.4, -0.2) is 66.1 Å². The minimum atomic E-state index is -1.10. The van der Waals surface area contributed by atoms with Crippen molar-refractivity contribution in [2.75, 3.05) is 26.7 Å². The SMILES string of the molecule is COC(CNC(=O)N1CC2CCC(O)C2C1)C(=O)O. The largest absolute Gasteiger partial charge is 0.479 e. The summed E-state index contributed by atoms with van der Waals surface area (Å²) >= 11 is 0. The highest BCUT2D eigenvalue weighted by Crippen LogP contribution is 2.37. The second kappa shape index (κ2) is 5.75. The van der Waals surface area contributed by atoms with Crippen molar-refractivity contribution in [3.63, 3.8) is 0 Å². The van der Waals surface area contributed by atoms with E-state index < -0.39 is 12.1 Å². The monoisotopic (exact) mass is 272 g/mol. The van der Waals surface area contributed by atoms with Gasteiger partial charge < -0.3 is 25.2 Å². The Bertz CT molecular complexity index is 362. The van der Waals surface area contributed by atoms with E-state index in [1.165, 1.54) is 7.11 Å². The van der Waals surface area contributed by atoms with E-state index in [1.54, 1.807) is 4.90 Å². The lowest BCUT2D eigenvalue weighted by molar-refractivity contribution is -0.148. The smallest absolute Gasteiger partial charge is 0.334 e. The second-order valence-electron chi connectivity index (χ2n) is 5.22. The molecule has 2 amide bonds. The van der Waals surface area contributed by atoms with Gasteiger partial charge in [0.25, 0.3) is 0 Å². The van der Waals surface area contributed by atoms with Crippen molar-refractivity contribution in [2.45, 2.75) is 25.0 Å². The fraction of sp³-hybridized carbons (Fsp3) is 0.833. The zero-order chi connectivity index (χ0) is 14.0. The molecule has 19 heavy (non-hydrogen) atoms. The molecular weight excluding hydrogens is 252 g/mol. The van der Waals surface area contributed by atoms with Crippen molar-refractivity contribution < 1.29 is 24.5 Å². The van der Waals surface area contributed by atoms with E-state index in [4.69, 9.17) is 9.84 Å². The van der Waals surface area contributed by atoms with Crippen LogP contribution in [0.15, 0.2) is 0 Å². The third-order valence-corrected chi connectivity index (χ3v) is 4.10. The van der Waals surface area contributed by atoms with Gasteiger partial charge >= 0.3 is 12.0 Å². The molecule has 1 saturated heterocycles. The highest BCUT2D eigenvalue weighted by Gasteiger charge is 2.43. The lowest BCUT2D eigenvalue weighted by Gasteiger charge is -2.20. The van der Waals surface area contributed by atoms with E-state index in [1.807, 2.05) is 0 Å². The topological polar surface area (TPSA) is 99.1 Å². The lowest BCUT2D eigenvalue weighted by Crippen LogP contribution is -2.44. The minimum Gasteiger partial charge on any atom is -0.479 e. The van der Waals surface area contributed by atoms with E-state index in [0.29, 0.717) is 19.0 Å². The number of carboxylic acid groups (broad SMARTS) is 1. The van der Waals surface area contributed by atoms with Crippen LogP contribution in [0.25, 0.3) is 0 Å². The average molecular weight is 272 g/mol. The predicted octanol–water partition coefficient (Wildman–Crippen LogP) is -0.502. The van der Waals surface area contributed by atoms with Crippen molar-refractivity contribution in [1.29, 1.82) is 0 Å². The Labute approximate surface area is 111 Å². The molecule has 1 aliphatic heterocycles. The van der Waals surface area contributed by atoms with Gasteiger partial charge in [-0.25, -0.2) is 9.59 Å². The number of nitrogens with zero attached hydrogens (tertiary/aromatic N) is 1. The summed E-state index contributed by atoms with van der Waals surface area (Å²) in [6, 6.07) is -0.287. The zero-order valence-electron chi connectivity index (χ0n) is 10.9. The summed E-state index contributed by atoms with van der Waals surface area (Å²) in [7, 11) is 1.29. The first kappa shape index (κ1) is 14.1. The summed E-state index contributed by atoms with van der Waals surface area (Å²) in [4.78, 5) is 24.3. The number of aliphatic hydroxyl groups excluding tert-OH is 1. The second-order valence-corrected chi connectivity index (χ2v) is 5.22. The molecule has 0 spiro atoms. The normalized spacial score (nSPS) is 31.1. The predicted molar refractivity (Wildman–Crippen MR) is 65.6 cm³/mol. The molecule has 7 heteroatoms. The van der Waals surface area contributed by atoms with E-state index in [-0.39, 0.29) is 24.6 Å².